The summed E-state index contributed by atoms with van der Waals surface area (Å²) >= 11 is 6.23. The van der Waals surface area contributed by atoms with Crippen LogP contribution in [0.5, 0.6) is 11.5 Å². The largest absolute Gasteiger partial charge is 0.493 e. The third-order valence-electron chi connectivity index (χ3n) is 4.57. The van der Waals surface area contributed by atoms with E-state index in [1.54, 1.807) is 12.1 Å². The molecule has 144 valence electrons. The van der Waals surface area contributed by atoms with E-state index < -0.39 is 0 Å². The van der Waals surface area contributed by atoms with Crippen molar-refractivity contribution in [2.24, 2.45) is 0 Å². The summed E-state index contributed by atoms with van der Waals surface area (Å²) in [6.45, 7) is 0.457. The Morgan fingerprint density at radius 3 is 2.00 bits per heavy atom. The smallest absolute Gasteiger partial charge is 0.251 e. The molecule has 0 aliphatic heterocycles. The number of hydrogen-bond donors (Lipinski definition) is 1. The molecular weight excluding hydrogens is 374 g/mol. The zero-order valence-electron chi connectivity index (χ0n) is 15.8. The summed E-state index contributed by atoms with van der Waals surface area (Å²) in [5, 5.41) is 3.35. The summed E-state index contributed by atoms with van der Waals surface area (Å²) < 4.78 is 10.5. The third kappa shape index (κ3) is 4.46. The lowest BCUT2D eigenvalue weighted by Gasteiger charge is -2.19. The van der Waals surface area contributed by atoms with Crippen molar-refractivity contribution >= 4 is 17.5 Å². The van der Waals surface area contributed by atoms with Gasteiger partial charge in [-0.2, -0.15) is 0 Å². The lowest BCUT2D eigenvalue weighted by molar-refractivity contribution is 0.0952. The number of carbonyl (C=O) groups excluding carboxylic acids is 1. The minimum absolute atomic E-state index is 0.0435. The van der Waals surface area contributed by atoms with E-state index in [-0.39, 0.29) is 11.8 Å². The summed E-state index contributed by atoms with van der Waals surface area (Å²) in [5.41, 5.74) is 2.70. The highest BCUT2D eigenvalue weighted by molar-refractivity contribution is 6.32. The van der Waals surface area contributed by atoms with Gasteiger partial charge in [0.2, 0.25) is 0 Å². The standard InChI is InChI=1S/C23H22ClNO3/c1-27-21-14-18(13-20(24)22(21)28-2)23(26)25-15-19(16-9-5-3-6-10-16)17-11-7-4-8-12-17/h3-14,19H,15H2,1-2H3,(H,25,26). The van der Waals surface area contributed by atoms with Gasteiger partial charge in [0.15, 0.2) is 11.5 Å². The number of halogens is 1. The monoisotopic (exact) mass is 395 g/mol. The SMILES string of the molecule is COc1cc(C(=O)NCC(c2ccccc2)c2ccccc2)cc(Cl)c1OC. The van der Waals surface area contributed by atoms with E-state index in [0.717, 1.165) is 11.1 Å². The first-order valence-electron chi connectivity index (χ1n) is 8.93. The van der Waals surface area contributed by atoms with Crippen molar-refractivity contribution in [2.75, 3.05) is 20.8 Å². The number of rotatable bonds is 7. The number of benzene rings is 3. The van der Waals surface area contributed by atoms with Crippen molar-refractivity contribution in [1.82, 2.24) is 5.32 Å². The van der Waals surface area contributed by atoms with Crippen LogP contribution in [0.2, 0.25) is 5.02 Å². The van der Waals surface area contributed by atoms with Crippen LogP contribution in [0.1, 0.15) is 27.4 Å². The van der Waals surface area contributed by atoms with E-state index in [1.807, 2.05) is 36.4 Å². The molecule has 1 amide bonds. The minimum atomic E-state index is -0.222. The molecule has 0 aliphatic carbocycles. The van der Waals surface area contributed by atoms with Crippen LogP contribution in [-0.2, 0) is 0 Å². The predicted octanol–water partition coefficient (Wildman–Crippen LogP) is 4.92. The van der Waals surface area contributed by atoms with Crippen LogP contribution in [0.4, 0.5) is 0 Å². The molecule has 3 aromatic carbocycles. The second kappa shape index (κ2) is 9.29. The van der Waals surface area contributed by atoms with Crippen LogP contribution in [0, 0.1) is 0 Å². The van der Waals surface area contributed by atoms with Gasteiger partial charge in [-0.3, -0.25) is 4.79 Å². The molecule has 0 saturated heterocycles. The Morgan fingerprint density at radius 2 is 1.50 bits per heavy atom. The second-order valence-corrected chi connectivity index (χ2v) is 6.68. The van der Waals surface area contributed by atoms with Crippen LogP contribution in [0.3, 0.4) is 0 Å². The van der Waals surface area contributed by atoms with Crippen molar-refractivity contribution in [3.05, 3.63) is 94.5 Å². The van der Waals surface area contributed by atoms with E-state index in [4.69, 9.17) is 21.1 Å². The van der Waals surface area contributed by atoms with Gasteiger partial charge < -0.3 is 14.8 Å². The third-order valence-corrected chi connectivity index (χ3v) is 4.85. The maximum absolute atomic E-state index is 12.8. The van der Waals surface area contributed by atoms with Gasteiger partial charge in [0.05, 0.1) is 19.2 Å². The molecule has 0 fully saturated rings. The average molecular weight is 396 g/mol. The van der Waals surface area contributed by atoms with E-state index in [2.05, 4.69) is 29.6 Å². The molecule has 0 radical (unpaired) electrons. The predicted molar refractivity (Wildman–Crippen MR) is 112 cm³/mol. The Kier molecular flexibility index (Phi) is 6.56. The maximum atomic E-state index is 12.8. The normalized spacial score (nSPS) is 10.6. The van der Waals surface area contributed by atoms with E-state index >= 15 is 0 Å². The minimum Gasteiger partial charge on any atom is -0.493 e. The lowest BCUT2D eigenvalue weighted by Crippen LogP contribution is -2.29. The van der Waals surface area contributed by atoms with Crippen LogP contribution in [-0.4, -0.2) is 26.7 Å². The molecule has 0 aromatic heterocycles. The molecule has 0 heterocycles. The zero-order valence-corrected chi connectivity index (χ0v) is 16.6. The number of hydrogen-bond acceptors (Lipinski definition) is 3. The molecule has 0 saturated carbocycles. The fourth-order valence-electron chi connectivity index (χ4n) is 3.14. The maximum Gasteiger partial charge on any atom is 0.251 e. The highest BCUT2D eigenvalue weighted by Gasteiger charge is 2.18. The van der Waals surface area contributed by atoms with E-state index in [1.165, 1.54) is 14.2 Å². The van der Waals surface area contributed by atoms with Crippen LogP contribution in [0.25, 0.3) is 0 Å². The van der Waals surface area contributed by atoms with Gasteiger partial charge in [-0.15, -0.1) is 0 Å². The van der Waals surface area contributed by atoms with Gasteiger partial charge in [-0.25, -0.2) is 0 Å². The van der Waals surface area contributed by atoms with Gasteiger partial charge in [0.25, 0.3) is 5.91 Å². The molecule has 3 aromatic rings. The number of carbonyl (C=O) groups is 1. The summed E-state index contributed by atoms with van der Waals surface area (Å²) in [6, 6.07) is 23.4. The Morgan fingerprint density at radius 1 is 0.929 bits per heavy atom. The van der Waals surface area contributed by atoms with Crippen LogP contribution < -0.4 is 14.8 Å². The van der Waals surface area contributed by atoms with Crippen molar-refractivity contribution in [3.8, 4) is 11.5 Å². The summed E-state index contributed by atoms with van der Waals surface area (Å²) in [4.78, 5) is 12.8. The van der Waals surface area contributed by atoms with E-state index in [0.29, 0.717) is 28.6 Å². The second-order valence-electron chi connectivity index (χ2n) is 6.28. The highest BCUT2D eigenvalue weighted by atomic mass is 35.5. The molecule has 3 rings (SSSR count). The van der Waals surface area contributed by atoms with Gasteiger partial charge >= 0.3 is 0 Å². The van der Waals surface area contributed by atoms with Crippen molar-refractivity contribution in [2.45, 2.75) is 5.92 Å². The number of amides is 1. The Balaban J connectivity index is 1.82. The average Bonchev–Trinajstić information content (AvgIpc) is 2.74. The number of nitrogens with one attached hydrogen (secondary N) is 1. The summed E-state index contributed by atoms with van der Waals surface area (Å²) in [5.74, 6) is 0.650. The quantitative estimate of drug-likeness (QED) is 0.617. The zero-order chi connectivity index (χ0) is 19.9. The van der Waals surface area contributed by atoms with Gasteiger partial charge in [-0.05, 0) is 23.3 Å². The fraction of sp³-hybridized carbons (Fsp3) is 0.174. The summed E-state index contributed by atoms with van der Waals surface area (Å²) in [6.07, 6.45) is 0. The van der Waals surface area contributed by atoms with E-state index in [9.17, 15) is 4.79 Å². The van der Waals surface area contributed by atoms with Gasteiger partial charge in [0, 0.05) is 18.0 Å². The Labute approximate surface area is 170 Å². The molecule has 28 heavy (non-hydrogen) atoms. The molecule has 0 aliphatic rings. The Hall–Kier alpha value is -2.98. The molecule has 0 atom stereocenters. The molecule has 5 heteroatoms. The summed E-state index contributed by atoms with van der Waals surface area (Å²) in [7, 11) is 3.02. The number of methoxy groups -OCH3 is 2. The first kappa shape index (κ1) is 19.8. The molecular formula is C23H22ClNO3. The van der Waals surface area contributed by atoms with Crippen LogP contribution in [0.15, 0.2) is 72.8 Å². The Bertz CT molecular complexity index is 890. The molecule has 0 unspecified atom stereocenters. The van der Waals surface area contributed by atoms with Crippen LogP contribution >= 0.6 is 11.6 Å². The molecule has 1 N–H and O–H groups in total. The molecule has 0 spiro atoms. The highest BCUT2D eigenvalue weighted by Crippen LogP contribution is 2.36. The first-order chi connectivity index (χ1) is 13.6. The number of ether oxygens (including phenoxy) is 2. The van der Waals surface area contributed by atoms with Crippen molar-refractivity contribution < 1.29 is 14.3 Å². The van der Waals surface area contributed by atoms with Gasteiger partial charge in [-0.1, -0.05) is 72.3 Å². The molecule has 4 nitrogen and oxygen atoms in total. The van der Waals surface area contributed by atoms with Crippen molar-refractivity contribution in [1.29, 1.82) is 0 Å². The first-order valence-corrected chi connectivity index (χ1v) is 9.31. The lowest BCUT2D eigenvalue weighted by atomic mass is 9.91. The van der Waals surface area contributed by atoms with Gasteiger partial charge in [0.1, 0.15) is 0 Å². The topological polar surface area (TPSA) is 47.6 Å². The fourth-order valence-corrected chi connectivity index (χ4v) is 3.43. The molecule has 0 bridgehead atoms. The van der Waals surface area contributed by atoms with Crippen molar-refractivity contribution in [3.63, 3.8) is 0 Å².